The molecule has 6 heteroatoms. The van der Waals surface area contributed by atoms with Crippen molar-refractivity contribution in [3.63, 3.8) is 0 Å². The standard InChI is InChI=1S/C23H36O5S/c1-15(2)18-12-20(16(3)4)22(21(13-18)17(5)6)29(24,25)28-19-8-7-9-23(14-19)26-10-11-27-23/h12-13,15-17,19H,7-11,14H2,1-6H3. The molecule has 0 amide bonds. The van der Waals surface area contributed by atoms with E-state index in [0.29, 0.717) is 36.9 Å². The van der Waals surface area contributed by atoms with Crippen LogP contribution in [0.1, 0.15) is 102 Å². The molecule has 1 saturated carbocycles. The molecule has 1 unspecified atom stereocenters. The van der Waals surface area contributed by atoms with E-state index in [1.54, 1.807) is 0 Å². The lowest BCUT2D eigenvalue weighted by Gasteiger charge is -2.35. The second-order valence-electron chi connectivity index (χ2n) is 9.37. The fourth-order valence-corrected chi connectivity index (χ4v) is 6.18. The van der Waals surface area contributed by atoms with Crippen molar-refractivity contribution in [1.29, 1.82) is 0 Å². The molecule has 1 aromatic rings. The van der Waals surface area contributed by atoms with E-state index in [-0.39, 0.29) is 11.8 Å². The summed E-state index contributed by atoms with van der Waals surface area (Å²) in [6.45, 7) is 13.6. The van der Waals surface area contributed by atoms with Gasteiger partial charge in [0, 0.05) is 12.8 Å². The summed E-state index contributed by atoms with van der Waals surface area (Å²) < 4.78 is 44.5. The Morgan fingerprint density at radius 2 is 1.52 bits per heavy atom. The first-order chi connectivity index (χ1) is 13.5. The predicted molar refractivity (Wildman–Crippen MR) is 114 cm³/mol. The van der Waals surface area contributed by atoms with Crippen LogP contribution in [0.2, 0.25) is 0 Å². The van der Waals surface area contributed by atoms with Gasteiger partial charge in [0.05, 0.1) is 19.3 Å². The lowest BCUT2D eigenvalue weighted by molar-refractivity contribution is -0.192. The van der Waals surface area contributed by atoms with Crippen LogP contribution in [0, 0.1) is 0 Å². The maximum Gasteiger partial charge on any atom is 0.297 e. The van der Waals surface area contributed by atoms with Gasteiger partial charge in [-0.05, 0) is 47.3 Å². The molecule has 1 saturated heterocycles. The van der Waals surface area contributed by atoms with Gasteiger partial charge in [-0.15, -0.1) is 0 Å². The van der Waals surface area contributed by atoms with E-state index in [2.05, 4.69) is 13.8 Å². The smallest absolute Gasteiger partial charge is 0.297 e. The molecule has 1 aliphatic carbocycles. The maximum atomic E-state index is 13.5. The van der Waals surface area contributed by atoms with E-state index in [1.165, 1.54) is 5.56 Å². The monoisotopic (exact) mass is 424 g/mol. The molecule has 1 aromatic carbocycles. The van der Waals surface area contributed by atoms with Gasteiger partial charge in [0.15, 0.2) is 5.79 Å². The first kappa shape index (κ1) is 22.7. The highest BCUT2D eigenvalue weighted by Gasteiger charge is 2.43. The number of rotatable bonds is 6. The summed E-state index contributed by atoms with van der Waals surface area (Å²) in [5.74, 6) is -0.170. The van der Waals surface area contributed by atoms with Crippen molar-refractivity contribution in [3.8, 4) is 0 Å². The van der Waals surface area contributed by atoms with Crippen LogP contribution >= 0.6 is 0 Å². The van der Waals surface area contributed by atoms with E-state index < -0.39 is 22.0 Å². The molecule has 29 heavy (non-hydrogen) atoms. The largest absolute Gasteiger partial charge is 0.347 e. The minimum Gasteiger partial charge on any atom is -0.347 e. The van der Waals surface area contributed by atoms with Crippen molar-refractivity contribution in [2.24, 2.45) is 0 Å². The minimum absolute atomic E-state index is 0.0822. The van der Waals surface area contributed by atoms with Crippen molar-refractivity contribution in [3.05, 3.63) is 28.8 Å². The number of hydrogen-bond donors (Lipinski definition) is 0. The van der Waals surface area contributed by atoms with Crippen LogP contribution in [0.3, 0.4) is 0 Å². The molecule has 0 N–H and O–H groups in total. The second-order valence-corrected chi connectivity index (χ2v) is 10.9. The number of ether oxygens (including phenoxy) is 2. The van der Waals surface area contributed by atoms with Crippen LogP contribution in [0.25, 0.3) is 0 Å². The van der Waals surface area contributed by atoms with Crippen LogP contribution in [-0.4, -0.2) is 33.5 Å². The van der Waals surface area contributed by atoms with Crippen molar-refractivity contribution >= 4 is 10.1 Å². The Balaban J connectivity index is 1.99. The summed E-state index contributed by atoms with van der Waals surface area (Å²) in [6, 6.07) is 4.09. The van der Waals surface area contributed by atoms with E-state index >= 15 is 0 Å². The molecule has 0 aromatic heterocycles. The predicted octanol–water partition coefficient (Wildman–Crippen LogP) is 5.45. The Morgan fingerprint density at radius 1 is 0.966 bits per heavy atom. The highest BCUT2D eigenvalue weighted by molar-refractivity contribution is 7.86. The van der Waals surface area contributed by atoms with Crippen LogP contribution < -0.4 is 0 Å². The van der Waals surface area contributed by atoms with Crippen molar-refractivity contribution in [2.45, 2.75) is 102 Å². The van der Waals surface area contributed by atoms with Crippen molar-refractivity contribution in [1.82, 2.24) is 0 Å². The van der Waals surface area contributed by atoms with Gasteiger partial charge in [0.1, 0.15) is 4.90 Å². The Kier molecular flexibility index (Phi) is 6.78. The third-order valence-electron chi connectivity index (χ3n) is 6.03. The molecule has 1 aliphatic heterocycles. The highest BCUT2D eigenvalue weighted by atomic mass is 32.2. The molecule has 5 nitrogen and oxygen atoms in total. The Bertz CT molecular complexity index is 791. The van der Waals surface area contributed by atoms with Crippen LogP contribution in [-0.2, 0) is 23.8 Å². The normalized spacial score (nSPS) is 22.3. The maximum absolute atomic E-state index is 13.5. The summed E-state index contributed by atoms with van der Waals surface area (Å²) >= 11 is 0. The fourth-order valence-electron chi connectivity index (χ4n) is 4.40. The van der Waals surface area contributed by atoms with E-state index in [0.717, 1.165) is 24.0 Å². The third-order valence-corrected chi connectivity index (χ3v) is 7.53. The number of benzene rings is 1. The lowest BCUT2D eigenvalue weighted by Crippen LogP contribution is -2.40. The highest BCUT2D eigenvalue weighted by Crippen LogP contribution is 2.40. The van der Waals surface area contributed by atoms with Gasteiger partial charge in [-0.3, -0.25) is 4.18 Å². The van der Waals surface area contributed by atoms with Crippen molar-refractivity contribution in [2.75, 3.05) is 13.2 Å². The summed E-state index contributed by atoms with van der Waals surface area (Å²) in [7, 11) is -3.91. The van der Waals surface area contributed by atoms with Gasteiger partial charge in [0.2, 0.25) is 0 Å². The molecular formula is C23H36O5S. The van der Waals surface area contributed by atoms with E-state index in [9.17, 15) is 8.42 Å². The second kappa shape index (κ2) is 8.66. The fraction of sp³-hybridized carbons (Fsp3) is 0.739. The molecule has 0 radical (unpaired) electrons. The quantitative estimate of drug-likeness (QED) is 0.568. The van der Waals surface area contributed by atoms with Gasteiger partial charge in [-0.25, -0.2) is 0 Å². The molecule has 164 valence electrons. The lowest BCUT2D eigenvalue weighted by atomic mass is 9.89. The van der Waals surface area contributed by atoms with Crippen LogP contribution in [0.4, 0.5) is 0 Å². The molecule has 2 aliphatic rings. The zero-order valence-electron chi connectivity index (χ0n) is 18.7. The molecule has 1 heterocycles. The third kappa shape index (κ3) is 4.87. The summed E-state index contributed by atoms with van der Waals surface area (Å²) in [5.41, 5.74) is 2.86. The Hall–Kier alpha value is -0.950. The first-order valence-electron chi connectivity index (χ1n) is 10.9. The zero-order valence-corrected chi connectivity index (χ0v) is 19.5. The SMILES string of the molecule is CC(C)c1cc(C(C)C)c(S(=O)(=O)OC2CCCC3(C2)OCCO3)c(C(C)C)c1. The van der Waals surface area contributed by atoms with E-state index in [4.69, 9.17) is 13.7 Å². The Labute approximate surface area is 176 Å². The molecule has 2 fully saturated rings. The van der Waals surface area contributed by atoms with Gasteiger partial charge in [-0.2, -0.15) is 8.42 Å². The van der Waals surface area contributed by atoms with Gasteiger partial charge < -0.3 is 9.47 Å². The van der Waals surface area contributed by atoms with E-state index in [1.807, 2.05) is 39.8 Å². The molecular weight excluding hydrogens is 388 g/mol. The topological polar surface area (TPSA) is 61.8 Å². The first-order valence-corrected chi connectivity index (χ1v) is 12.3. The van der Waals surface area contributed by atoms with Crippen LogP contribution in [0.5, 0.6) is 0 Å². The summed E-state index contributed by atoms with van der Waals surface area (Å²) in [6.07, 6.45) is 2.37. The number of hydrogen-bond acceptors (Lipinski definition) is 5. The summed E-state index contributed by atoms with van der Waals surface area (Å²) in [4.78, 5) is 0.361. The molecule has 1 spiro atoms. The van der Waals surface area contributed by atoms with Gasteiger partial charge in [0.25, 0.3) is 10.1 Å². The Morgan fingerprint density at radius 3 is 2.00 bits per heavy atom. The molecule has 1 atom stereocenters. The van der Waals surface area contributed by atoms with Crippen molar-refractivity contribution < 1.29 is 22.1 Å². The average molecular weight is 425 g/mol. The zero-order chi connectivity index (χ0) is 21.4. The van der Waals surface area contributed by atoms with Gasteiger partial charge in [-0.1, -0.05) is 53.7 Å². The minimum atomic E-state index is -3.91. The average Bonchev–Trinajstić information content (AvgIpc) is 3.07. The van der Waals surface area contributed by atoms with Gasteiger partial charge >= 0.3 is 0 Å². The molecule has 3 rings (SSSR count). The molecule has 0 bridgehead atoms. The summed E-state index contributed by atoms with van der Waals surface area (Å²) in [5, 5.41) is 0. The van der Waals surface area contributed by atoms with Crippen LogP contribution in [0.15, 0.2) is 17.0 Å².